The molecule has 86 valence electrons. The maximum absolute atomic E-state index is 11.8. The van der Waals surface area contributed by atoms with Crippen LogP contribution in [0.3, 0.4) is 0 Å². The quantitative estimate of drug-likeness (QED) is 0.804. The molecule has 0 N–H and O–H groups in total. The molecule has 0 unspecified atom stereocenters. The molecule has 1 heterocycles. The SMILES string of the molecule is O=C(Cn1ccc(=O)c2ccccc21)C1CC1. The molecule has 0 atom stereocenters. The number of fused-ring (bicyclic) bond motifs is 1. The van der Waals surface area contributed by atoms with Gasteiger partial charge in [0.15, 0.2) is 11.2 Å². The second kappa shape index (κ2) is 3.84. The molecule has 1 aliphatic carbocycles. The minimum atomic E-state index is 0.00993. The summed E-state index contributed by atoms with van der Waals surface area (Å²) in [5, 5.41) is 0.679. The topological polar surface area (TPSA) is 39.1 Å². The first-order valence-electron chi connectivity index (χ1n) is 5.86. The summed E-state index contributed by atoms with van der Waals surface area (Å²) in [5.74, 6) is 0.534. The zero-order valence-corrected chi connectivity index (χ0v) is 9.43. The van der Waals surface area contributed by atoms with E-state index in [2.05, 4.69) is 0 Å². The van der Waals surface area contributed by atoms with E-state index in [0.717, 1.165) is 18.4 Å². The summed E-state index contributed by atoms with van der Waals surface area (Å²) in [7, 11) is 0. The molecule has 17 heavy (non-hydrogen) atoms. The van der Waals surface area contributed by atoms with Crippen molar-refractivity contribution in [2.24, 2.45) is 5.92 Å². The molecule has 0 amide bonds. The van der Waals surface area contributed by atoms with E-state index in [-0.39, 0.29) is 17.1 Å². The Kier molecular flexibility index (Phi) is 2.32. The number of Topliss-reactive ketones (excluding diaryl/α,β-unsaturated/α-hetero) is 1. The largest absolute Gasteiger partial charge is 0.340 e. The van der Waals surface area contributed by atoms with Crippen molar-refractivity contribution in [2.45, 2.75) is 19.4 Å². The highest BCUT2D eigenvalue weighted by Gasteiger charge is 2.29. The van der Waals surface area contributed by atoms with Gasteiger partial charge in [0.25, 0.3) is 0 Å². The Morgan fingerprint density at radius 1 is 1.24 bits per heavy atom. The molecular weight excluding hydrogens is 214 g/mol. The Hall–Kier alpha value is -1.90. The van der Waals surface area contributed by atoms with E-state index in [1.54, 1.807) is 12.3 Å². The van der Waals surface area contributed by atoms with E-state index in [4.69, 9.17) is 0 Å². The minimum absolute atomic E-state index is 0.00993. The second-order valence-electron chi connectivity index (χ2n) is 4.57. The molecule has 1 aliphatic rings. The molecule has 3 heteroatoms. The molecule has 2 aromatic rings. The van der Waals surface area contributed by atoms with Crippen LogP contribution in [0.2, 0.25) is 0 Å². The first-order valence-corrected chi connectivity index (χ1v) is 5.86. The third-order valence-electron chi connectivity index (χ3n) is 3.24. The van der Waals surface area contributed by atoms with Gasteiger partial charge in [0, 0.05) is 23.6 Å². The zero-order valence-electron chi connectivity index (χ0n) is 9.43. The normalized spacial score (nSPS) is 15.1. The molecule has 0 bridgehead atoms. The third-order valence-corrected chi connectivity index (χ3v) is 3.24. The fourth-order valence-electron chi connectivity index (χ4n) is 2.10. The van der Waals surface area contributed by atoms with Crippen LogP contribution < -0.4 is 5.43 Å². The van der Waals surface area contributed by atoms with E-state index in [0.29, 0.717) is 11.9 Å². The lowest BCUT2D eigenvalue weighted by molar-refractivity contribution is -0.120. The van der Waals surface area contributed by atoms with Gasteiger partial charge in [0.2, 0.25) is 0 Å². The fourth-order valence-corrected chi connectivity index (χ4v) is 2.10. The van der Waals surface area contributed by atoms with Crippen LogP contribution in [0.1, 0.15) is 12.8 Å². The Morgan fingerprint density at radius 2 is 2.00 bits per heavy atom. The van der Waals surface area contributed by atoms with Gasteiger partial charge in [0.1, 0.15) is 0 Å². The van der Waals surface area contributed by atoms with Gasteiger partial charge in [-0.05, 0) is 25.0 Å². The fraction of sp³-hybridized carbons (Fsp3) is 0.286. The van der Waals surface area contributed by atoms with Gasteiger partial charge in [-0.1, -0.05) is 12.1 Å². The van der Waals surface area contributed by atoms with Crippen LogP contribution >= 0.6 is 0 Å². The highest BCUT2D eigenvalue weighted by atomic mass is 16.1. The van der Waals surface area contributed by atoms with E-state index in [1.165, 1.54) is 6.07 Å². The van der Waals surface area contributed by atoms with Crippen molar-refractivity contribution in [3.05, 3.63) is 46.8 Å². The number of hydrogen-bond donors (Lipinski definition) is 0. The van der Waals surface area contributed by atoms with Gasteiger partial charge in [-0.15, -0.1) is 0 Å². The predicted molar refractivity (Wildman–Crippen MR) is 65.9 cm³/mol. The summed E-state index contributed by atoms with van der Waals surface area (Å²) in [6.45, 7) is 0.380. The number of rotatable bonds is 3. The Labute approximate surface area is 98.7 Å². The molecule has 0 radical (unpaired) electrons. The molecule has 3 rings (SSSR count). The standard InChI is InChI=1S/C14H13NO2/c16-13-7-8-15(9-14(17)10-5-6-10)12-4-2-1-3-11(12)13/h1-4,7-8,10H,5-6,9H2. The van der Waals surface area contributed by atoms with Crippen molar-refractivity contribution in [1.82, 2.24) is 4.57 Å². The molecule has 0 saturated heterocycles. The number of carbonyl (C=O) groups excluding carboxylic acids is 1. The number of para-hydroxylation sites is 1. The maximum Gasteiger partial charge on any atom is 0.189 e. The molecule has 1 saturated carbocycles. The summed E-state index contributed by atoms with van der Waals surface area (Å²) < 4.78 is 1.87. The number of ketones is 1. The Balaban J connectivity index is 2.07. The first kappa shape index (κ1) is 10.3. The van der Waals surface area contributed by atoms with Crippen LogP contribution in [0.4, 0.5) is 0 Å². The zero-order chi connectivity index (χ0) is 11.8. The number of hydrogen-bond acceptors (Lipinski definition) is 2. The predicted octanol–water partition coefficient (Wildman–Crippen LogP) is 1.98. The monoisotopic (exact) mass is 227 g/mol. The molecule has 0 spiro atoms. The van der Waals surface area contributed by atoms with Crippen molar-refractivity contribution < 1.29 is 4.79 Å². The van der Waals surface area contributed by atoms with Crippen LogP contribution in [0, 0.1) is 5.92 Å². The Bertz CT molecular complexity index is 638. The summed E-state index contributed by atoms with van der Waals surface area (Å²) in [6, 6.07) is 8.95. The Morgan fingerprint density at radius 3 is 2.76 bits per heavy atom. The van der Waals surface area contributed by atoms with Crippen LogP contribution in [0.25, 0.3) is 10.9 Å². The van der Waals surface area contributed by atoms with Crippen molar-refractivity contribution >= 4 is 16.7 Å². The minimum Gasteiger partial charge on any atom is -0.340 e. The highest BCUT2D eigenvalue weighted by molar-refractivity contribution is 5.85. The van der Waals surface area contributed by atoms with Crippen LogP contribution in [0.5, 0.6) is 0 Å². The summed E-state index contributed by atoms with van der Waals surface area (Å²) >= 11 is 0. The lowest BCUT2D eigenvalue weighted by atomic mass is 10.2. The molecule has 1 fully saturated rings. The number of nitrogens with zero attached hydrogens (tertiary/aromatic N) is 1. The third kappa shape index (κ3) is 1.88. The number of pyridine rings is 1. The average Bonchev–Trinajstić information content (AvgIpc) is 3.17. The number of carbonyl (C=O) groups is 1. The van der Waals surface area contributed by atoms with Crippen LogP contribution in [-0.4, -0.2) is 10.4 Å². The van der Waals surface area contributed by atoms with E-state index < -0.39 is 0 Å². The summed E-state index contributed by atoms with van der Waals surface area (Å²) in [5.41, 5.74) is 0.852. The van der Waals surface area contributed by atoms with Crippen molar-refractivity contribution in [3.8, 4) is 0 Å². The van der Waals surface area contributed by atoms with Crippen molar-refractivity contribution in [1.29, 1.82) is 0 Å². The van der Waals surface area contributed by atoms with Crippen LogP contribution in [0.15, 0.2) is 41.3 Å². The van der Waals surface area contributed by atoms with E-state index in [9.17, 15) is 9.59 Å². The number of aromatic nitrogens is 1. The van der Waals surface area contributed by atoms with Crippen LogP contribution in [-0.2, 0) is 11.3 Å². The van der Waals surface area contributed by atoms with Gasteiger partial charge in [-0.2, -0.15) is 0 Å². The second-order valence-corrected chi connectivity index (χ2v) is 4.57. The summed E-state index contributed by atoms with van der Waals surface area (Å²) in [4.78, 5) is 23.5. The first-order chi connectivity index (χ1) is 8.25. The molecular formula is C14H13NO2. The lowest BCUT2D eigenvalue weighted by Gasteiger charge is -2.09. The van der Waals surface area contributed by atoms with Gasteiger partial charge < -0.3 is 4.57 Å². The van der Waals surface area contributed by atoms with E-state index >= 15 is 0 Å². The van der Waals surface area contributed by atoms with Gasteiger partial charge in [0.05, 0.1) is 12.1 Å². The number of benzene rings is 1. The average molecular weight is 227 g/mol. The summed E-state index contributed by atoms with van der Waals surface area (Å²) in [6.07, 6.45) is 3.76. The van der Waals surface area contributed by atoms with Crippen molar-refractivity contribution in [3.63, 3.8) is 0 Å². The van der Waals surface area contributed by atoms with Gasteiger partial charge >= 0.3 is 0 Å². The van der Waals surface area contributed by atoms with Crippen molar-refractivity contribution in [2.75, 3.05) is 0 Å². The maximum atomic E-state index is 11.8. The molecule has 0 aliphatic heterocycles. The highest BCUT2D eigenvalue weighted by Crippen LogP contribution is 2.30. The molecule has 1 aromatic carbocycles. The molecule has 1 aromatic heterocycles. The van der Waals surface area contributed by atoms with Gasteiger partial charge in [-0.3, -0.25) is 9.59 Å². The van der Waals surface area contributed by atoms with E-state index in [1.807, 2.05) is 22.8 Å². The molecule has 3 nitrogen and oxygen atoms in total. The lowest BCUT2D eigenvalue weighted by Crippen LogP contribution is -2.15. The smallest absolute Gasteiger partial charge is 0.189 e. The van der Waals surface area contributed by atoms with Gasteiger partial charge in [-0.25, -0.2) is 0 Å².